The Morgan fingerprint density at radius 2 is 1.97 bits per heavy atom. The average molecular weight is 476 g/mol. The summed E-state index contributed by atoms with van der Waals surface area (Å²) in [7, 11) is 1.50. The number of nitrogens with one attached hydrogen (secondary N) is 2. The van der Waals surface area contributed by atoms with Crippen LogP contribution in [0.15, 0.2) is 41.5 Å². The van der Waals surface area contributed by atoms with Crippen molar-refractivity contribution in [1.29, 1.82) is 0 Å². The molecule has 0 heterocycles. The van der Waals surface area contributed by atoms with Gasteiger partial charge in [0, 0.05) is 11.1 Å². The van der Waals surface area contributed by atoms with E-state index in [1.165, 1.54) is 31.5 Å². The molecule has 2 N–H and O–H groups in total. The lowest BCUT2D eigenvalue weighted by molar-refractivity contribution is -0.123. The Balaban J connectivity index is 2.12. The van der Waals surface area contributed by atoms with Gasteiger partial charge in [-0.05, 0) is 36.2 Å². The molecule has 2 aromatic rings. The van der Waals surface area contributed by atoms with Crippen LogP contribution in [0.3, 0.4) is 0 Å². The fourth-order valence-corrected chi connectivity index (χ4v) is 2.99. The summed E-state index contributed by atoms with van der Waals surface area (Å²) in [6.45, 7) is 3.65. The van der Waals surface area contributed by atoms with Crippen LogP contribution >= 0.6 is 23.2 Å². The summed E-state index contributed by atoms with van der Waals surface area (Å²) in [6, 6.07) is 8.84. The Morgan fingerprint density at radius 3 is 2.59 bits per heavy atom. The van der Waals surface area contributed by atoms with Crippen LogP contribution in [0.25, 0.3) is 0 Å². The summed E-state index contributed by atoms with van der Waals surface area (Å²) < 4.78 is 10.8. The summed E-state index contributed by atoms with van der Waals surface area (Å²) in [5, 5.41) is 7.26. The summed E-state index contributed by atoms with van der Waals surface area (Å²) in [6.07, 6.45) is 6.67. The van der Waals surface area contributed by atoms with E-state index in [2.05, 4.69) is 21.8 Å². The molecule has 0 aliphatic rings. The lowest BCUT2D eigenvalue weighted by Crippen LogP contribution is -2.48. The summed E-state index contributed by atoms with van der Waals surface area (Å²) in [5.41, 5.74) is 3.28. The van der Waals surface area contributed by atoms with Crippen molar-refractivity contribution < 1.29 is 19.1 Å². The fraction of sp³-hybridized carbons (Fsp3) is 0.261. The normalized spacial score (nSPS) is 11.7. The van der Waals surface area contributed by atoms with Crippen molar-refractivity contribution in [3.05, 3.63) is 57.6 Å². The molecule has 0 radical (unpaired) electrons. The Morgan fingerprint density at radius 1 is 1.22 bits per heavy atom. The van der Waals surface area contributed by atoms with Gasteiger partial charge in [-0.1, -0.05) is 49.0 Å². The molecule has 0 saturated carbocycles. The van der Waals surface area contributed by atoms with Crippen molar-refractivity contribution >= 4 is 41.2 Å². The lowest BCUT2D eigenvalue weighted by Gasteiger charge is -2.20. The topological polar surface area (TPSA) is 89.0 Å². The van der Waals surface area contributed by atoms with Crippen molar-refractivity contribution in [3.63, 3.8) is 0 Å². The Hall–Kier alpha value is -3.21. The molecule has 0 spiro atoms. The molecule has 0 aliphatic heterocycles. The van der Waals surface area contributed by atoms with Gasteiger partial charge in [-0.15, -0.1) is 6.42 Å². The number of terminal acetylenes is 1. The molecule has 1 unspecified atom stereocenters. The van der Waals surface area contributed by atoms with Gasteiger partial charge in [0.2, 0.25) is 0 Å². The van der Waals surface area contributed by atoms with Gasteiger partial charge < -0.3 is 14.8 Å². The number of carbonyl (C=O) groups is 2. The number of hydrogen-bond acceptors (Lipinski definition) is 5. The van der Waals surface area contributed by atoms with E-state index in [-0.39, 0.29) is 23.1 Å². The first-order valence-corrected chi connectivity index (χ1v) is 10.4. The predicted molar refractivity (Wildman–Crippen MR) is 126 cm³/mol. The van der Waals surface area contributed by atoms with Crippen molar-refractivity contribution in [1.82, 2.24) is 10.7 Å². The number of halogens is 2. The first-order valence-electron chi connectivity index (χ1n) is 9.60. The highest BCUT2D eigenvalue weighted by atomic mass is 35.5. The third-order valence-electron chi connectivity index (χ3n) is 4.33. The summed E-state index contributed by atoms with van der Waals surface area (Å²) >= 11 is 11.9. The highest BCUT2D eigenvalue weighted by molar-refractivity contribution is 6.42. The number of rotatable bonds is 9. The number of amides is 2. The molecule has 0 saturated heterocycles. The molecule has 0 fully saturated rings. The van der Waals surface area contributed by atoms with Gasteiger partial charge in [0.1, 0.15) is 12.6 Å². The molecule has 7 nitrogen and oxygen atoms in total. The first-order chi connectivity index (χ1) is 15.3. The zero-order valence-electron chi connectivity index (χ0n) is 17.8. The molecule has 1 atom stereocenters. The number of methoxy groups -OCH3 is 1. The minimum Gasteiger partial charge on any atom is -0.493 e. The SMILES string of the molecule is C#CCOc1c(C=NNC(=O)C(NC(=O)c2ccc(Cl)c(Cl)c2)C(C)C)cccc1OC. The van der Waals surface area contributed by atoms with Gasteiger partial charge in [-0.3, -0.25) is 9.59 Å². The van der Waals surface area contributed by atoms with E-state index >= 15 is 0 Å². The molecule has 168 valence electrons. The van der Waals surface area contributed by atoms with Gasteiger partial charge in [0.15, 0.2) is 11.5 Å². The van der Waals surface area contributed by atoms with Gasteiger partial charge >= 0.3 is 0 Å². The number of benzene rings is 2. The first kappa shape index (κ1) is 25.1. The number of para-hydroxylation sites is 1. The smallest absolute Gasteiger partial charge is 0.262 e. The number of ether oxygens (including phenoxy) is 2. The molecule has 2 rings (SSSR count). The van der Waals surface area contributed by atoms with E-state index in [0.29, 0.717) is 22.1 Å². The number of hydrogen-bond donors (Lipinski definition) is 2. The molecule has 2 amide bonds. The van der Waals surface area contributed by atoms with Gasteiger partial charge in [0.25, 0.3) is 11.8 Å². The van der Waals surface area contributed by atoms with Crippen LogP contribution in [0.1, 0.15) is 29.8 Å². The maximum Gasteiger partial charge on any atom is 0.262 e. The van der Waals surface area contributed by atoms with Crippen LogP contribution in [0.2, 0.25) is 10.0 Å². The minimum atomic E-state index is -0.837. The Kier molecular flexibility index (Phi) is 9.39. The largest absolute Gasteiger partial charge is 0.493 e. The van der Waals surface area contributed by atoms with E-state index in [0.717, 1.165) is 0 Å². The molecule has 0 aromatic heterocycles. The van der Waals surface area contributed by atoms with Crippen molar-refractivity contribution in [2.45, 2.75) is 19.9 Å². The highest BCUT2D eigenvalue weighted by Gasteiger charge is 2.25. The van der Waals surface area contributed by atoms with E-state index < -0.39 is 17.9 Å². The zero-order chi connectivity index (χ0) is 23.7. The third kappa shape index (κ3) is 6.64. The quantitative estimate of drug-likeness (QED) is 0.326. The van der Waals surface area contributed by atoms with E-state index in [9.17, 15) is 9.59 Å². The van der Waals surface area contributed by atoms with E-state index in [4.69, 9.17) is 39.1 Å². The van der Waals surface area contributed by atoms with Crippen LogP contribution in [-0.4, -0.2) is 37.8 Å². The fourth-order valence-electron chi connectivity index (χ4n) is 2.70. The van der Waals surface area contributed by atoms with Crippen LogP contribution in [-0.2, 0) is 4.79 Å². The standard InChI is InChI=1S/C23H23Cl2N3O4/c1-5-11-32-21-16(7-6-8-19(21)31-4)13-26-28-23(30)20(14(2)3)27-22(29)15-9-10-17(24)18(25)12-15/h1,6-10,12-14,20H,11H2,2-4H3,(H,27,29)(H,28,30). The molecule has 2 aromatic carbocycles. The van der Waals surface area contributed by atoms with Crippen molar-refractivity contribution in [3.8, 4) is 23.8 Å². The second-order valence-electron chi connectivity index (χ2n) is 6.93. The average Bonchev–Trinajstić information content (AvgIpc) is 2.77. The highest BCUT2D eigenvalue weighted by Crippen LogP contribution is 2.30. The maximum atomic E-state index is 12.7. The van der Waals surface area contributed by atoms with E-state index in [1.54, 1.807) is 32.0 Å². The second kappa shape index (κ2) is 12.0. The summed E-state index contributed by atoms with van der Waals surface area (Å²) in [4.78, 5) is 25.2. The second-order valence-corrected chi connectivity index (χ2v) is 7.74. The van der Waals surface area contributed by atoms with E-state index in [1.807, 2.05) is 0 Å². The molecule has 0 bridgehead atoms. The zero-order valence-corrected chi connectivity index (χ0v) is 19.3. The van der Waals surface area contributed by atoms with Crippen molar-refractivity contribution in [2.24, 2.45) is 11.0 Å². The monoisotopic (exact) mass is 475 g/mol. The Bertz CT molecular complexity index is 1050. The van der Waals surface area contributed by atoms with Gasteiger partial charge in [-0.2, -0.15) is 5.10 Å². The van der Waals surface area contributed by atoms with Crippen LogP contribution in [0.5, 0.6) is 11.5 Å². The third-order valence-corrected chi connectivity index (χ3v) is 5.06. The molecular formula is C23H23Cl2N3O4. The lowest BCUT2D eigenvalue weighted by atomic mass is 10.0. The maximum absolute atomic E-state index is 12.7. The number of carbonyl (C=O) groups excluding carboxylic acids is 2. The van der Waals surface area contributed by atoms with Crippen molar-refractivity contribution in [2.75, 3.05) is 13.7 Å². The number of nitrogens with zero attached hydrogens (tertiary/aromatic N) is 1. The van der Waals surface area contributed by atoms with Crippen LogP contribution in [0.4, 0.5) is 0 Å². The minimum absolute atomic E-state index is 0.0454. The molecule has 0 aliphatic carbocycles. The molecular weight excluding hydrogens is 453 g/mol. The van der Waals surface area contributed by atoms with Gasteiger partial charge in [-0.25, -0.2) is 5.43 Å². The number of hydrazone groups is 1. The molecule has 32 heavy (non-hydrogen) atoms. The Labute approximate surface area is 197 Å². The van der Waals surface area contributed by atoms with Gasteiger partial charge in [0.05, 0.1) is 23.4 Å². The summed E-state index contributed by atoms with van der Waals surface area (Å²) in [5.74, 6) is 2.11. The molecule has 9 heteroatoms. The predicted octanol–water partition coefficient (Wildman–Crippen LogP) is 3.92. The van der Waals surface area contributed by atoms with Crippen LogP contribution in [0, 0.1) is 18.3 Å². The van der Waals surface area contributed by atoms with Crippen LogP contribution < -0.4 is 20.2 Å².